The number of rotatable bonds is 2. The quantitative estimate of drug-likeness (QED) is 0.851. The first kappa shape index (κ1) is 16.5. The van der Waals surface area contributed by atoms with Gasteiger partial charge in [0.05, 0.1) is 11.6 Å². The van der Waals surface area contributed by atoms with Crippen molar-refractivity contribution in [3.8, 4) is 0 Å². The molecule has 2 aromatic carbocycles. The summed E-state index contributed by atoms with van der Waals surface area (Å²) in [5.74, 6) is -0.233. The number of alkyl halides is 3. The van der Waals surface area contributed by atoms with Gasteiger partial charge in [-0.3, -0.25) is 4.79 Å². The zero-order valence-electron chi connectivity index (χ0n) is 13.3. The predicted octanol–water partition coefficient (Wildman–Crippen LogP) is 3.74. The third-order valence-corrected chi connectivity index (χ3v) is 4.49. The SMILES string of the molecule is Cc1ccc(N2C(=O)[C@H](N)[C@@H]2c2ccc(C(F)(F)F)cc2)cc1C. The number of β-lactam (4-membered cyclic amide) rings is 1. The Morgan fingerprint density at radius 2 is 1.62 bits per heavy atom. The van der Waals surface area contributed by atoms with Crippen molar-refractivity contribution in [2.24, 2.45) is 5.73 Å². The van der Waals surface area contributed by atoms with Gasteiger partial charge in [0.25, 0.3) is 0 Å². The van der Waals surface area contributed by atoms with Gasteiger partial charge in [0.2, 0.25) is 5.91 Å². The third-order valence-electron chi connectivity index (χ3n) is 4.49. The Labute approximate surface area is 137 Å². The summed E-state index contributed by atoms with van der Waals surface area (Å²) < 4.78 is 38.1. The standard InChI is InChI=1S/C18H17F3N2O/c1-10-3-8-14(9-11(10)2)23-16(15(22)17(23)24)12-4-6-13(7-5-12)18(19,20)21/h3-9,15-16H,22H2,1-2H3/t15-,16+/m1/s1. The maximum absolute atomic E-state index is 12.7. The fraction of sp³-hybridized carbons (Fsp3) is 0.278. The minimum Gasteiger partial charge on any atom is -0.318 e. The van der Waals surface area contributed by atoms with Crippen LogP contribution in [-0.2, 0) is 11.0 Å². The van der Waals surface area contributed by atoms with E-state index in [4.69, 9.17) is 5.73 Å². The Morgan fingerprint density at radius 1 is 1.00 bits per heavy atom. The number of aryl methyl sites for hydroxylation is 2. The van der Waals surface area contributed by atoms with Crippen LogP contribution >= 0.6 is 0 Å². The van der Waals surface area contributed by atoms with Crippen LogP contribution in [0.3, 0.4) is 0 Å². The fourth-order valence-electron chi connectivity index (χ4n) is 2.90. The first-order valence-corrected chi connectivity index (χ1v) is 7.53. The molecule has 3 rings (SSSR count). The van der Waals surface area contributed by atoms with Crippen LogP contribution in [0.1, 0.15) is 28.3 Å². The molecular weight excluding hydrogens is 317 g/mol. The van der Waals surface area contributed by atoms with Crippen molar-refractivity contribution in [3.05, 3.63) is 64.7 Å². The fourth-order valence-corrected chi connectivity index (χ4v) is 2.90. The molecule has 0 bridgehead atoms. The minimum absolute atomic E-state index is 0.233. The van der Waals surface area contributed by atoms with E-state index in [1.165, 1.54) is 12.1 Å². The molecule has 2 aromatic rings. The van der Waals surface area contributed by atoms with Crippen LogP contribution in [0.4, 0.5) is 18.9 Å². The molecule has 0 spiro atoms. The summed E-state index contributed by atoms with van der Waals surface area (Å²) in [6.45, 7) is 3.91. The van der Waals surface area contributed by atoms with Crippen LogP contribution in [0.5, 0.6) is 0 Å². The smallest absolute Gasteiger partial charge is 0.318 e. The highest BCUT2D eigenvalue weighted by atomic mass is 19.4. The maximum Gasteiger partial charge on any atom is 0.416 e. The molecule has 6 heteroatoms. The van der Waals surface area contributed by atoms with Crippen molar-refractivity contribution in [2.45, 2.75) is 32.1 Å². The van der Waals surface area contributed by atoms with Crippen molar-refractivity contribution in [1.29, 1.82) is 0 Å². The van der Waals surface area contributed by atoms with Crippen LogP contribution in [0.25, 0.3) is 0 Å². The van der Waals surface area contributed by atoms with Gasteiger partial charge in [-0.05, 0) is 54.8 Å². The highest BCUT2D eigenvalue weighted by Crippen LogP contribution is 2.39. The van der Waals surface area contributed by atoms with E-state index in [9.17, 15) is 18.0 Å². The molecule has 3 nitrogen and oxygen atoms in total. The average Bonchev–Trinajstić information content (AvgIpc) is 2.54. The van der Waals surface area contributed by atoms with Crippen molar-refractivity contribution in [3.63, 3.8) is 0 Å². The molecule has 1 fully saturated rings. The molecule has 0 aromatic heterocycles. The molecule has 2 atom stereocenters. The summed E-state index contributed by atoms with van der Waals surface area (Å²) in [6, 6.07) is 9.21. The van der Waals surface area contributed by atoms with Gasteiger partial charge in [-0.25, -0.2) is 0 Å². The van der Waals surface area contributed by atoms with E-state index in [1.807, 2.05) is 32.0 Å². The number of amides is 1. The Balaban J connectivity index is 1.94. The van der Waals surface area contributed by atoms with Crippen LogP contribution in [-0.4, -0.2) is 11.9 Å². The first-order chi connectivity index (χ1) is 11.2. The number of nitrogens with two attached hydrogens (primary N) is 1. The van der Waals surface area contributed by atoms with Crippen LogP contribution < -0.4 is 10.6 Å². The lowest BCUT2D eigenvalue weighted by molar-refractivity contribution is -0.137. The highest BCUT2D eigenvalue weighted by Gasteiger charge is 2.46. The molecule has 1 heterocycles. The molecule has 0 saturated carbocycles. The minimum atomic E-state index is -4.39. The highest BCUT2D eigenvalue weighted by molar-refractivity contribution is 6.05. The number of carbonyl (C=O) groups is 1. The summed E-state index contributed by atoms with van der Waals surface area (Å²) in [6.07, 6.45) is -4.39. The molecule has 0 unspecified atom stereocenters. The lowest BCUT2D eigenvalue weighted by atomic mass is 9.87. The van der Waals surface area contributed by atoms with E-state index >= 15 is 0 Å². The topological polar surface area (TPSA) is 46.3 Å². The number of halogens is 3. The van der Waals surface area contributed by atoms with Gasteiger partial charge in [-0.2, -0.15) is 13.2 Å². The molecule has 126 valence electrons. The van der Waals surface area contributed by atoms with E-state index < -0.39 is 23.8 Å². The number of carbonyl (C=O) groups excluding carboxylic acids is 1. The van der Waals surface area contributed by atoms with Crippen molar-refractivity contribution in [2.75, 3.05) is 4.90 Å². The second-order valence-electron chi connectivity index (χ2n) is 6.07. The van der Waals surface area contributed by atoms with Crippen LogP contribution in [0.2, 0.25) is 0 Å². The number of anilines is 1. The summed E-state index contributed by atoms with van der Waals surface area (Å²) in [4.78, 5) is 13.7. The normalized spacial score (nSPS) is 20.9. The monoisotopic (exact) mass is 334 g/mol. The second kappa shape index (κ2) is 5.63. The van der Waals surface area contributed by atoms with E-state index in [1.54, 1.807) is 4.90 Å². The molecular formula is C18H17F3N2O. The van der Waals surface area contributed by atoms with E-state index in [0.29, 0.717) is 11.3 Å². The number of nitrogens with zero attached hydrogens (tertiary/aromatic N) is 1. The average molecular weight is 334 g/mol. The van der Waals surface area contributed by atoms with Crippen LogP contribution in [0.15, 0.2) is 42.5 Å². The van der Waals surface area contributed by atoms with Gasteiger partial charge in [-0.1, -0.05) is 18.2 Å². The Bertz CT molecular complexity index is 784. The Morgan fingerprint density at radius 3 is 2.17 bits per heavy atom. The number of hydrogen-bond donors (Lipinski definition) is 1. The zero-order valence-corrected chi connectivity index (χ0v) is 13.3. The number of hydrogen-bond acceptors (Lipinski definition) is 2. The number of benzene rings is 2. The van der Waals surface area contributed by atoms with Gasteiger partial charge in [0.15, 0.2) is 0 Å². The van der Waals surface area contributed by atoms with E-state index in [0.717, 1.165) is 23.3 Å². The van der Waals surface area contributed by atoms with E-state index in [-0.39, 0.29) is 5.91 Å². The summed E-state index contributed by atoms with van der Waals surface area (Å²) in [5, 5.41) is 0. The zero-order chi connectivity index (χ0) is 17.6. The van der Waals surface area contributed by atoms with Crippen molar-refractivity contribution >= 4 is 11.6 Å². The van der Waals surface area contributed by atoms with Gasteiger partial charge in [0.1, 0.15) is 6.04 Å². The van der Waals surface area contributed by atoms with Crippen molar-refractivity contribution in [1.82, 2.24) is 0 Å². The molecule has 1 amide bonds. The van der Waals surface area contributed by atoms with Gasteiger partial charge in [0, 0.05) is 5.69 Å². The second-order valence-corrected chi connectivity index (χ2v) is 6.07. The van der Waals surface area contributed by atoms with Gasteiger partial charge >= 0.3 is 6.18 Å². The molecule has 1 aliphatic heterocycles. The summed E-state index contributed by atoms with van der Waals surface area (Å²) in [5.41, 5.74) is 8.61. The van der Waals surface area contributed by atoms with E-state index in [2.05, 4.69) is 0 Å². The summed E-state index contributed by atoms with van der Waals surface area (Å²) in [7, 11) is 0. The largest absolute Gasteiger partial charge is 0.416 e. The summed E-state index contributed by atoms with van der Waals surface area (Å²) >= 11 is 0. The lowest BCUT2D eigenvalue weighted by Gasteiger charge is -2.45. The Kier molecular flexibility index (Phi) is 3.87. The molecule has 1 saturated heterocycles. The molecule has 2 N–H and O–H groups in total. The maximum atomic E-state index is 12.7. The third kappa shape index (κ3) is 2.67. The first-order valence-electron chi connectivity index (χ1n) is 7.53. The Hall–Kier alpha value is -2.34. The van der Waals surface area contributed by atoms with Gasteiger partial charge in [-0.15, -0.1) is 0 Å². The molecule has 0 radical (unpaired) electrons. The van der Waals surface area contributed by atoms with Crippen molar-refractivity contribution < 1.29 is 18.0 Å². The molecule has 24 heavy (non-hydrogen) atoms. The predicted molar refractivity (Wildman–Crippen MR) is 85.6 cm³/mol. The van der Waals surface area contributed by atoms with Crippen LogP contribution in [0, 0.1) is 13.8 Å². The molecule has 1 aliphatic rings. The lowest BCUT2D eigenvalue weighted by Crippen LogP contribution is -2.63. The van der Waals surface area contributed by atoms with Gasteiger partial charge < -0.3 is 10.6 Å². The molecule has 0 aliphatic carbocycles.